The summed E-state index contributed by atoms with van der Waals surface area (Å²) in [5.74, 6) is -0.128. The van der Waals surface area contributed by atoms with Crippen LogP contribution in [0.3, 0.4) is 0 Å². The van der Waals surface area contributed by atoms with Crippen LogP contribution in [0.25, 0.3) is 10.9 Å². The Kier molecular flexibility index (Phi) is 4.58. The Balaban J connectivity index is 1.74. The van der Waals surface area contributed by atoms with Gasteiger partial charge in [-0.15, -0.1) is 0 Å². The van der Waals surface area contributed by atoms with Gasteiger partial charge in [0.25, 0.3) is 11.8 Å². The van der Waals surface area contributed by atoms with E-state index < -0.39 is 0 Å². The van der Waals surface area contributed by atoms with Gasteiger partial charge in [-0.3, -0.25) is 14.6 Å². The molecule has 0 radical (unpaired) electrons. The summed E-state index contributed by atoms with van der Waals surface area (Å²) in [6.07, 6.45) is 6.44. The van der Waals surface area contributed by atoms with Crippen molar-refractivity contribution in [3.05, 3.63) is 59.3 Å². The summed E-state index contributed by atoms with van der Waals surface area (Å²) in [7, 11) is 1.55. The van der Waals surface area contributed by atoms with Crippen molar-refractivity contribution < 1.29 is 9.59 Å². The maximum atomic E-state index is 12.7. The van der Waals surface area contributed by atoms with E-state index in [1.807, 2.05) is 19.2 Å². The lowest BCUT2D eigenvalue weighted by molar-refractivity contribution is 0.0949. The van der Waals surface area contributed by atoms with Gasteiger partial charge >= 0.3 is 0 Å². The van der Waals surface area contributed by atoms with Crippen molar-refractivity contribution in [1.82, 2.24) is 25.6 Å². The lowest BCUT2D eigenvalue weighted by atomic mass is 9.94. The molecule has 0 bridgehead atoms. The van der Waals surface area contributed by atoms with Crippen LogP contribution in [0.2, 0.25) is 0 Å². The normalized spacial score (nSPS) is 19.2. The molecule has 3 atom stereocenters. The number of pyridine rings is 2. The first-order valence-corrected chi connectivity index (χ1v) is 9.44. The fourth-order valence-electron chi connectivity index (χ4n) is 3.43. The highest BCUT2D eigenvalue weighted by molar-refractivity contribution is 5.99. The van der Waals surface area contributed by atoms with Crippen molar-refractivity contribution in [2.45, 2.75) is 32.2 Å². The van der Waals surface area contributed by atoms with Crippen molar-refractivity contribution >= 4 is 22.7 Å². The largest absolute Gasteiger partial charge is 0.360 e. The van der Waals surface area contributed by atoms with Crippen LogP contribution in [0.15, 0.2) is 36.8 Å². The van der Waals surface area contributed by atoms with E-state index in [-0.39, 0.29) is 29.5 Å². The topological polar surface area (TPSA) is 99.8 Å². The Bertz CT molecular complexity index is 1060. The molecule has 0 spiro atoms. The molecule has 1 aliphatic carbocycles. The average Bonchev–Trinajstić information content (AvgIpc) is 3.19. The number of amides is 2. The Morgan fingerprint density at radius 2 is 2.04 bits per heavy atom. The lowest BCUT2D eigenvalue weighted by Crippen LogP contribution is -2.28. The first kappa shape index (κ1) is 18.2. The molecule has 0 unspecified atom stereocenters. The third-order valence-electron chi connectivity index (χ3n) is 5.41. The first-order chi connectivity index (χ1) is 13.5. The summed E-state index contributed by atoms with van der Waals surface area (Å²) in [5.41, 5.74) is 3.26. The van der Waals surface area contributed by atoms with Gasteiger partial charge in [-0.1, -0.05) is 13.8 Å². The summed E-state index contributed by atoms with van der Waals surface area (Å²) in [6, 6.07) is 5.52. The average molecular weight is 377 g/mol. The van der Waals surface area contributed by atoms with Crippen LogP contribution in [0.1, 0.15) is 58.3 Å². The third kappa shape index (κ3) is 3.35. The van der Waals surface area contributed by atoms with E-state index >= 15 is 0 Å². The summed E-state index contributed by atoms with van der Waals surface area (Å²) in [4.78, 5) is 36.9. The Labute approximate surface area is 163 Å². The zero-order valence-corrected chi connectivity index (χ0v) is 16.1. The maximum absolute atomic E-state index is 12.7. The van der Waals surface area contributed by atoms with E-state index in [9.17, 15) is 9.59 Å². The molecule has 1 aliphatic rings. The minimum atomic E-state index is -0.319. The highest BCUT2D eigenvalue weighted by Crippen LogP contribution is 2.31. The molecule has 7 nitrogen and oxygen atoms in total. The van der Waals surface area contributed by atoms with E-state index in [0.29, 0.717) is 17.2 Å². The van der Waals surface area contributed by atoms with Gasteiger partial charge in [0.15, 0.2) is 0 Å². The van der Waals surface area contributed by atoms with Gasteiger partial charge in [0.2, 0.25) is 0 Å². The van der Waals surface area contributed by atoms with Crippen LogP contribution >= 0.6 is 0 Å². The standard InChI is InChI=1S/C21H23N5O2/c1-11-6-16(11)26-20(27)13-7-17(25-18(8-13)21(28)22-3)12(2)15-9-23-10-19-14(15)4-5-24-19/h4-5,7-12,16,24H,6H2,1-3H3,(H,22,28)(H,26,27)/t11-,12-,16-/m0/s1. The molecule has 7 heteroatoms. The number of carbonyl (C=O) groups is 2. The van der Waals surface area contributed by atoms with Crippen molar-refractivity contribution in [3.8, 4) is 0 Å². The summed E-state index contributed by atoms with van der Waals surface area (Å²) < 4.78 is 0. The number of nitrogens with one attached hydrogen (secondary N) is 3. The smallest absolute Gasteiger partial charge is 0.269 e. The molecule has 2 amide bonds. The van der Waals surface area contributed by atoms with Crippen LogP contribution < -0.4 is 10.6 Å². The van der Waals surface area contributed by atoms with Crippen LogP contribution in [0.5, 0.6) is 0 Å². The Morgan fingerprint density at radius 3 is 2.75 bits per heavy atom. The van der Waals surface area contributed by atoms with E-state index in [1.165, 1.54) is 0 Å². The number of hydrogen-bond donors (Lipinski definition) is 3. The monoisotopic (exact) mass is 377 g/mol. The Hall–Kier alpha value is -3.22. The van der Waals surface area contributed by atoms with E-state index in [1.54, 1.807) is 31.6 Å². The molecule has 3 N–H and O–H groups in total. The molecule has 1 saturated carbocycles. The van der Waals surface area contributed by atoms with Gasteiger partial charge in [0.1, 0.15) is 5.69 Å². The second-order valence-electron chi connectivity index (χ2n) is 7.43. The molecule has 4 rings (SSSR count). The van der Waals surface area contributed by atoms with E-state index in [0.717, 1.165) is 22.9 Å². The van der Waals surface area contributed by atoms with E-state index in [2.05, 4.69) is 32.5 Å². The summed E-state index contributed by atoms with van der Waals surface area (Å²) in [6.45, 7) is 4.11. The third-order valence-corrected chi connectivity index (χ3v) is 5.41. The van der Waals surface area contributed by atoms with Gasteiger partial charge in [-0.25, -0.2) is 4.98 Å². The van der Waals surface area contributed by atoms with Crippen LogP contribution in [0.4, 0.5) is 0 Å². The van der Waals surface area contributed by atoms with Gasteiger partial charge in [-0.05, 0) is 36.1 Å². The molecule has 0 aromatic carbocycles. The molecular formula is C21H23N5O2. The number of hydrogen-bond acceptors (Lipinski definition) is 4. The molecule has 144 valence electrons. The molecule has 3 aromatic heterocycles. The first-order valence-electron chi connectivity index (χ1n) is 9.44. The quantitative estimate of drug-likeness (QED) is 0.636. The molecule has 0 saturated heterocycles. The second kappa shape index (κ2) is 7.07. The van der Waals surface area contributed by atoms with Crippen molar-refractivity contribution in [2.24, 2.45) is 5.92 Å². The van der Waals surface area contributed by atoms with Crippen LogP contribution in [-0.2, 0) is 0 Å². The van der Waals surface area contributed by atoms with Crippen LogP contribution in [0, 0.1) is 5.92 Å². The fourth-order valence-corrected chi connectivity index (χ4v) is 3.43. The fraction of sp³-hybridized carbons (Fsp3) is 0.333. The molecule has 0 aliphatic heterocycles. The molecule has 28 heavy (non-hydrogen) atoms. The number of fused-ring (bicyclic) bond motifs is 1. The molecule has 1 fully saturated rings. The summed E-state index contributed by atoms with van der Waals surface area (Å²) in [5, 5.41) is 6.66. The number of rotatable bonds is 5. The maximum Gasteiger partial charge on any atom is 0.269 e. The highest BCUT2D eigenvalue weighted by atomic mass is 16.2. The predicted molar refractivity (Wildman–Crippen MR) is 106 cm³/mol. The number of H-pyrrole nitrogens is 1. The zero-order valence-electron chi connectivity index (χ0n) is 16.1. The van der Waals surface area contributed by atoms with Gasteiger partial charge in [0.05, 0.1) is 11.7 Å². The highest BCUT2D eigenvalue weighted by Gasteiger charge is 2.34. The van der Waals surface area contributed by atoms with Crippen molar-refractivity contribution in [3.63, 3.8) is 0 Å². The lowest BCUT2D eigenvalue weighted by Gasteiger charge is -2.15. The number of nitrogens with zero attached hydrogens (tertiary/aromatic N) is 2. The molecule has 3 aromatic rings. The number of carbonyl (C=O) groups excluding carboxylic acids is 2. The van der Waals surface area contributed by atoms with Gasteiger partial charge < -0.3 is 15.6 Å². The van der Waals surface area contributed by atoms with Gasteiger partial charge in [-0.2, -0.15) is 0 Å². The number of aromatic amines is 1. The van der Waals surface area contributed by atoms with Crippen molar-refractivity contribution in [2.75, 3.05) is 7.05 Å². The van der Waals surface area contributed by atoms with Crippen molar-refractivity contribution in [1.29, 1.82) is 0 Å². The van der Waals surface area contributed by atoms with Gasteiger partial charge in [0, 0.05) is 48.0 Å². The second-order valence-corrected chi connectivity index (χ2v) is 7.43. The SMILES string of the molecule is CNC(=O)c1cc(C(=O)N[C@H]2C[C@@H]2C)cc([C@@H](C)c2cncc3[nH]ccc23)n1. The minimum Gasteiger partial charge on any atom is -0.360 e. The zero-order chi connectivity index (χ0) is 19.8. The summed E-state index contributed by atoms with van der Waals surface area (Å²) >= 11 is 0. The van der Waals surface area contributed by atoms with E-state index in [4.69, 9.17) is 0 Å². The van der Waals surface area contributed by atoms with Crippen LogP contribution in [-0.4, -0.2) is 39.9 Å². The molecule has 3 heterocycles. The number of aromatic nitrogens is 3. The molecular weight excluding hydrogens is 354 g/mol. The Morgan fingerprint density at radius 1 is 1.25 bits per heavy atom. The minimum absolute atomic E-state index is 0.136. The predicted octanol–water partition coefficient (Wildman–Crippen LogP) is 2.61.